The molecule has 106 valence electrons. The normalized spacial score (nSPS) is 17.5. The molecule has 1 fully saturated rings. The Balaban J connectivity index is 1.60. The Morgan fingerprint density at radius 1 is 1.21 bits per heavy atom. The monoisotopic (exact) mass is 264 g/mol. The Hall–Kier alpha value is -1.40. The Labute approximate surface area is 115 Å². The lowest BCUT2D eigenvalue weighted by molar-refractivity contribution is 0.137. The number of nitrogens with one attached hydrogen (secondary N) is 1. The summed E-state index contributed by atoms with van der Waals surface area (Å²) >= 11 is 0. The van der Waals surface area contributed by atoms with E-state index in [9.17, 15) is 0 Å². The second kappa shape index (κ2) is 7.25. The van der Waals surface area contributed by atoms with Gasteiger partial charge in [-0.1, -0.05) is 6.92 Å². The van der Waals surface area contributed by atoms with E-state index in [2.05, 4.69) is 32.0 Å². The van der Waals surface area contributed by atoms with Crippen LogP contribution >= 0.6 is 0 Å². The van der Waals surface area contributed by atoms with Crippen molar-refractivity contribution >= 4 is 11.6 Å². The fraction of sp³-hybridized carbons (Fsp3) is 0.692. The maximum absolute atomic E-state index is 5.60. The first-order valence-electron chi connectivity index (χ1n) is 7.04. The Morgan fingerprint density at radius 2 is 1.95 bits per heavy atom. The summed E-state index contributed by atoms with van der Waals surface area (Å²) in [5.74, 6) is 1.32. The molecule has 1 aromatic rings. The van der Waals surface area contributed by atoms with Crippen molar-refractivity contribution in [1.82, 2.24) is 19.8 Å². The van der Waals surface area contributed by atoms with Crippen molar-refractivity contribution in [2.45, 2.75) is 13.3 Å². The molecule has 2 rings (SSSR count). The molecule has 0 aromatic carbocycles. The molecular formula is C13H24N6. The molecule has 1 aromatic heterocycles. The molecule has 0 amide bonds. The van der Waals surface area contributed by atoms with Gasteiger partial charge < -0.3 is 20.9 Å². The highest BCUT2D eigenvalue weighted by Gasteiger charge is 2.14. The van der Waals surface area contributed by atoms with Crippen LogP contribution in [0, 0.1) is 0 Å². The minimum atomic E-state index is 0.508. The van der Waals surface area contributed by atoms with E-state index in [1.807, 2.05) is 0 Å². The lowest BCUT2D eigenvalue weighted by Crippen LogP contribution is -2.46. The molecule has 0 bridgehead atoms. The summed E-state index contributed by atoms with van der Waals surface area (Å²) in [6.45, 7) is 10.2. The summed E-state index contributed by atoms with van der Waals surface area (Å²) in [5, 5.41) is 3.28. The number of anilines is 2. The first-order chi connectivity index (χ1) is 9.28. The van der Waals surface area contributed by atoms with Crippen LogP contribution in [-0.2, 0) is 0 Å². The number of nitrogen functional groups attached to an aromatic ring is 1. The van der Waals surface area contributed by atoms with Crippen LogP contribution in [0.25, 0.3) is 0 Å². The van der Waals surface area contributed by atoms with Gasteiger partial charge in [-0.2, -0.15) is 0 Å². The maximum atomic E-state index is 5.60. The maximum Gasteiger partial charge on any atom is 0.131 e. The summed E-state index contributed by atoms with van der Waals surface area (Å²) in [7, 11) is 0. The number of rotatable bonds is 6. The highest BCUT2D eigenvalue weighted by atomic mass is 15.3. The van der Waals surface area contributed by atoms with E-state index in [4.69, 9.17) is 5.73 Å². The molecule has 6 nitrogen and oxygen atoms in total. The van der Waals surface area contributed by atoms with E-state index in [1.165, 1.54) is 39.1 Å². The number of nitrogens with zero attached hydrogens (tertiary/aromatic N) is 4. The van der Waals surface area contributed by atoms with Gasteiger partial charge in [-0.15, -0.1) is 0 Å². The zero-order valence-corrected chi connectivity index (χ0v) is 11.7. The number of hydrogen-bond acceptors (Lipinski definition) is 6. The molecule has 1 saturated heterocycles. The van der Waals surface area contributed by atoms with Crippen LogP contribution in [0.15, 0.2) is 12.4 Å². The number of nitrogens with two attached hydrogens (primary N) is 1. The molecule has 1 aliphatic heterocycles. The third-order valence-corrected chi connectivity index (χ3v) is 3.56. The lowest BCUT2D eigenvalue weighted by Gasteiger charge is -2.33. The third-order valence-electron chi connectivity index (χ3n) is 3.56. The van der Waals surface area contributed by atoms with Gasteiger partial charge in [0.05, 0.1) is 0 Å². The molecule has 1 aliphatic rings. The smallest absolute Gasteiger partial charge is 0.131 e. The number of aromatic nitrogens is 2. The molecule has 0 aliphatic carbocycles. The van der Waals surface area contributed by atoms with Crippen LogP contribution in [0.1, 0.15) is 13.3 Å². The molecule has 0 unspecified atom stereocenters. The Morgan fingerprint density at radius 3 is 2.63 bits per heavy atom. The second-order valence-corrected chi connectivity index (χ2v) is 4.88. The SMILES string of the molecule is CCN1CCN(CCCNc2cc(N)ncn2)CC1. The summed E-state index contributed by atoms with van der Waals surface area (Å²) < 4.78 is 0. The number of piperazine rings is 1. The molecule has 19 heavy (non-hydrogen) atoms. The molecular weight excluding hydrogens is 240 g/mol. The van der Waals surface area contributed by atoms with Crippen molar-refractivity contribution in [3.63, 3.8) is 0 Å². The van der Waals surface area contributed by atoms with Crippen LogP contribution in [0.5, 0.6) is 0 Å². The highest BCUT2D eigenvalue weighted by Crippen LogP contribution is 2.05. The van der Waals surface area contributed by atoms with Gasteiger partial charge in [0, 0.05) is 38.8 Å². The number of likely N-dealkylation sites (N-methyl/N-ethyl adjacent to an activating group) is 1. The first kappa shape index (κ1) is 14.0. The fourth-order valence-electron chi connectivity index (χ4n) is 2.32. The summed E-state index contributed by atoms with van der Waals surface area (Å²) in [5.41, 5.74) is 5.60. The van der Waals surface area contributed by atoms with Crippen molar-refractivity contribution in [3.8, 4) is 0 Å². The van der Waals surface area contributed by atoms with Crippen molar-refractivity contribution < 1.29 is 0 Å². The van der Waals surface area contributed by atoms with Gasteiger partial charge in [-0.25, -0.2) is 9.97 Å². The summed E-state index contributed by atoms with van der Waals surface area (Å²) in [6.07, 6.45) is 2.61. The van der Waals surface area contributed by atoms with Gasteiger partial charge in [0.25, 0.3) is 0 Å². The molecule has 0 spiro atoms. The molecule has 3 N–H and O–H groups in total. The van der Waals surface area contributed by atoms with Crippen molar-refractivity contribution in [3.05, 3.63) is 12.4 Å². The third kappa shape index (κ3) is 4.65. The van der Waals surface area contributed by atoms with Crippen LogP contribution in [0.3, 0.4) is 0 Å². The predicted octanol–water partition coefficient (Wildman–Crippen LogP) is 0.498. The van der Waals surface area contributed by atoms with Gasteiger partial charge in [0.2, 0.25) is 0 Å². The van der Waals surface area contributed by atoms with E-state index >= 15 is 0 Å². The topological polar surface area (TPSA) is 70.3 Å². The van der Waals surface area contributed by atoms with Crippen molar-refractivity contribution in [2.24, 2.45) is 0 Å². The first-order valence-corrected chi connectivity index (χ1v) is 7.04. The summed E-state index contributed by atoms with van der Waals surface area (Å²) in [4.78, 5) is 13.0. The molecule has 6 heteroatoms. The molecule has 0 radical (unpaired) electrons. The molecule has 2 heterocycles. The van der Waals surface area contributed by atoms with Crippen LogP contribution in [0.4, 0.5) is 11.6 Å². The van der Waals surface area contributed by atoms with Crippen LogP contribution < -0.4 is 11.1 Å². The highest BCUT2D eigenvalue weighted by molar-refractivity contribution is 5.42. The standard InChI is InChI=1S/C13H24N6/c1-2-18-6-8-19(9-7-18)5-3-4-15-13-10-12(14)16-11-17-13/h10-11H,2-9H2,1H3,(H3,14,15,16,17). The van der Waals surface area contributed by atoms with Crippen molar-refractivity contribution in [2.75, 3.05) is 56.9 Å². The largest absolute Gasteiger partial charge is 0.384 e. The van der Waals surface area contributed by atoms with Crippen LogP contribution in [-0.4, -0.2) is 65.6 Å². The van der Waals surface area contributed by atoms with E-state index in [-0.39, 0.29) is 0 Å². The second-order valence-electron chi connectivity index (χ2n) is 4.88. The summed E-state index contributed by atoms with van der Waals surface area (Å²) in [6, 6.07) is 1.76. The quantitative estimate of drug-likeness (QED) is 0.729. The van der Waals surface area contributed by atoms with Gasteiger partial charge in [-0.05, 0) is 19.5 Å². The van der Waals surface area contributed by atoms with E-state index in [0.29, 0.717) is 5.82 Å². The Bertz CT molecular complexity index is 375. The molecule has 0 atom stereocenters. The van der Waals surface area contributed by atoms with Gasteiger partial charge in [0.1, 0.15) is 18.0 Å². The average molecular weight is 264 g/mol. The predicted molar refractivity (Wildman–Crippen MR) is 78.1 cm³/mol. The van der Waals surface area contributed by atoms with Crippen LogP contribution in [0.2, 0.25) is 0 Å². The van der Waals surface area contributed by atoms with Gasteiger partial charge in [-0.3, -0.25) is 0 Å². The van der Waals surface area contributed by atoms with E-state index in [1.54, 1.807) is 6.07 Å². The van der Waals surface area contributed by atoms with E-state index in [0.717, 1.165) is 25.3 Å². The van der Waals surface area contributed by atoms with Gasteiger partial charge >= 0.3 is 0 Å². The van der Waals surface area contributed by atoms with Gasteiger partial charge in [0.15, 0.2) is 0 Å². The molecule has 0 saturated carbocycles. The van der Waals surface area contributed by atoms with Crippen molar-refractivity contribution in [1.29, 1.82) is 0 Å². The zero-order valence-electron chi connectivity index (χ0n) is 11.7. The average Bonchev–Trinajstić information content (AvgIpc) is 2.44. The fourth-order valence-corrected chi connectivity index (χ4v) is 2.32. The zero-order chi connectivity index (χ0) is 13.5. The van der Waals surface area contributed by atoms with E-state index < -0.39 is 0 Å². The number of hydrogen-bond donors (Lipinski definition) is 2. The minimum Gasteiger partial charge on any atom is -0.384 e. The lowest BCUT2D eigenvalue weighted by atomic mass is 10.3. The minimum absolute atomic E-state index is 0.508. The Kier molecular flexibility index (Phi) is 5.35.